The Morgan fingerprint density at radius 3 is 2.61 bits per heavy atom. The topological polar surface area (TPSA) is 52.1 Å². The molecule has 0 amide bonds. The molecule has 6 heteroatoms. The van der Waals surface area contributed by atoms with Crippen molar-refractivity contribution in [3.8, 4) is 17.2 Å². The predicted octanol–water partition coefficient (Wildman–Crippen LogP) is 2.12. The van der Waals surface area contributed by atoms with E-state index in [2.05, 4.69) is 10.5 Å². The Hall–Kier alpha value is -1.88. The summed E-state index contributed by atoms with van der Waals surface area (Å²) in [5, 5.41) is 3.96. The average Bonchev–Trinajstić information content (AvgIpc) is 2.41. The zero-order chi connectivity index (χ0) is 13.0. The number of rotatable bonds is 3. The Balaban J connectivity index is 2.13. The predicted molar refractivity (Wildman–Crippen MR) is 69.5 cm³/mol. The van der Waals surface area contributed by atoms with E-state index in [0.717, 1.165) is 0 Å². The quantitative estimate of drug-likeness (QED) is 0.674. The van der Waals surface area contributed by atoms with Gasteiger partial charge in [0.2, 0.25) is 5.90 Å². The van der Waals surface area contributed by atoms with Crippen molar-refractivity contribution in [3.05, 3.63) is 30.4 Å². The Bertz CT molecular complexity index is 488. The van der Waals surface area contributed by atoms with Crippen molar-refractivity contribution in [1.29, 1.82) is 0 Å². The van der Waals surface area contributed by atoms with E-state index < -0.39 is 0 Å². The molecule has 0 radical (unpaired) electrons. The Morgan fingerprint density at radius 2 is 2.00 bits per heavy atom. The fourth-order valence-electron chi connectivity index (χ4n) is 1.43. The van der Waals surface area contributed by atoms with E-state index in [1.165, 1.54) is 0 Å². The molecule has 1 heterocycles. The lowest BCUT2D eigenvalue weighted by Crippen LogP contribution is -2.24. The third-order valence-electron chi connectivity index (χ3n) is 2.28. The number of hydrazone groups is 1. The van der Waals surface area contributed by atoms with Crippen LogP contribution in [0.1, 0.15) is 0 Å². The zero-order valence-corrected chi connectivity index (χ0v) is 10.8. The van der Waals surface area contributed by atoms with E-state index in [-0.39, 0.29) is 5.50 Å². The van der Waals surface area contributed by atoms with E-state index in [4.69, 9.17) is 25.8 Å². The monoisotopic (exact) mass is 268 g/mol. The van der Waals surface area contributed by atoms with Crippen molar-refractivity contribution < 1.29 is 14.2 Å². The molecule has 0 spiro atoms. The number of ether oxygens (including phenoxy) is 3. The van der Waals surface area contributed by atoms with Crippen LogP contribution in [0, 0.1) is 0 Å². The normalized spacial score (nSPS) is 17.7. The molecule has 0 aliphatic carbocycles. The fourth-order valence-corrected chi connectivity index (χ4v) is 1.55. The van der Waals surface area contributed by atoms with E-state index >= 15 is 0 Å². The molecule has 1 aliphatic heterocycles. The van der Waals surface area contributed by atoms with Gasteiger partial charge in [-0.2, -0.15) is 0 Å². The molecule has 0 saturated carbocycles. The van der Waals surface area contributed by atoms with Crippen molar-refractivity contribution >= 4 is 17.5 Å². The summed E-state index contributed by atoms with van der Waals surface area (Å²) in [6, 6.07) is 5.26. The smallest absolute Gasteiger partial charge is 0.235 e. The highest BCUT2D eigenvalue weighted by Gasteiger charge is 2.10. The van der Waals surface area contributed by atoms with Gasteiger partial charge in [0.15, 0.2) is 11.5 Å². The molecule has 18 heavy (non-hydrogen) atoms. The van der Waals surface area contributed by atoms with E-state index in [0.29, 0.717) is 23.1 Å². The Labute approximate surface area is 110 Å². The molecule has 1 unspecified atom stereocenters. The minimum Gasteiger partial charge on any atom is -0.493 e. The third-order valence-corrected chi connectivity index (χ3v) is 2.53. The maximum atomic E-state index is 5.78. The second-order valence-electron chi connectivity index (χ2n) is 3.46. The van der Waals surface area contributed by atoms with Crippen LogP contribution in [0.15, 0.2) is 35.5 Å². The van der Waals surface area contributed by atoms with Gasteiger partial charge in [0.1, 0.15) is 11.3 Å². The number of alkyl halides is 1. The van der Waals surface area contributed by atoms with Gasteiger partial charge in [-0.25, -0.2) is 0 Å². The molecule has 5 nitrogen and oxygen atoms in total. The maximum absolute atomic E-state index is 5.78. The number of nitrogens with one attached hydrogen (secondary N) is 1. The molecule has 1 aromatic carbocycles. The van der Waals surface area contributed by atoms with Crippen LogP contribution in [0.4, 0.5) is 0 Å². The molecule has 0 aromatic heterocycles. The first kappa shape index (κ1) is 12.6. The lowest BCUT2D eigenvalue weighted by atomic mass is 10.3. The first-order chi connectivity index (χ1) is 8.72. The second-order valence-corrected chi connectivity index (χ2v) is 3.93. The summed E-state index contributed by atoms with van der Waals surface area (Å²) < 4.78 is 15.9. The first-order valence-electron chi connectivity index (χ1n) is 5.28. The van der Waals surface area contributed by atoms with E-state index in [1.807, 2.05) is 0 Å². The minimum absolute atomic E-state index is 0.303. The number of hydrogen-bond donors (Lipinski definition) is 1. The first-order valence-corrected chi connectivity index (χ1v) is 5.72. The molecule has 1 aromatic rings. The Morgan fingerprint density at radius 1 is 1.22 bits per heavy atom. The summed E-state index contributed by atoms with van der Waals surface area (Å²) >= 11 is 5.78. The number of benzene rings is 1. The summed E-state index contributed by atoms with van der Waals surface area (Å²) in [5.41, 5.74) is 2.39. The van der Waals surface area contributed by atoms with Crippen molar-refractivity contribution in [2.24, 2.45) is 5.10 Å². The molecule has 0 saturated heterocycles. The van der Waals surface area contributed by atoms with Crippen LogP contribution in [0.25, 0.3) is 0 Å². The molecule has 2 rings (SSSR count). The average molecular weight is 269 g/mol. The van der Waals surface area contributed by atoms with Crippen LogP contribution in [-0.2, 0) is 0 Å². The van der Waals surface area contributed by atoms with Gasteiger partial charge in [-0.3, -0.25) is 5.43 Å². The van der Waals surface area contributed by atoms with Crippen LogP contribution in [-0.4, -0.2) is 25.6 Å². The molecule has 0 bridgehead atoms. The van der Waals surface area contributed by atoms with Gasteiger partial charge in [-0.05, 0) is 18.2 Å². The van der Waals surface area contributed by atoms with Crippen LogP contribution < -0.4 is 19.6 Å². The molecule has 1 aliphatic rings. The zero-order valence-electron chi connectivity index (χ0n) is 10.0. The highest BCUT2D eigenvalue weighted by Crippen LogP contribution is 2.31. The number of methoxy groups -OCH3 is 2. The summed E-state index contributed by atoms with van der Waals surface area (Å²) in [5.74, 6) is 2.27. The van der Waals surface area contributed by atoms with Crippen LogP contribution >= 0.6 is 11.6 Å². The SMILES string of the molecule is COc1ccc(OC2=NNC(Cl)C=C2)cc1OC. The highest BCUT2D eigenvalue weighted by atomic mass is 35.5. The van der Waals surface area contributed by atoms with Gasteiger partial charge in [0.25, 0.3) is 0 Å². The molecule has 96 valence electrons. The largest absolute Gasteiger partial charge is 0.493 e. The lowest BCUT2D eigenvalue weighted by Gasteiger charge is -2.13. The van der Waals surface area contributed by atoms with Crippen molar-refractivity contribution in [1.82, 2.24) is 5.43 Å². The minimum atomic E-state index is -0.303. The Kier molecular flexibility index (Phi) is 3.94. The molecular formula is C12H13ClN2O3. The molecule has 1 N–H and O–H groups in total. The number of nitrogens with zero attached hydrogens (tertiary/aromatic N) is 1. The highest BCUT2D eigenvalue weighted by molar-refractivity contribution is 6.22. The standard InChI is InChI=1S/C12H13ClN2O3/c1-16-9-4-3-8(7-10(9)17-2)18-12-6-5-11(13)14-15-12/h3-7,11,14H,1-2H3. The van der Waals surface area contributed by atoms with E-state index in [1.54, 1.807) is 44.6 Å². The van der Waals surface area contributed by atoms with Gasteiger partial charge in [-0.1, -0.05) is 11.6 Å². The maximum Gasteiger partial charge on any atom is 0.235 e. The van der Waals surface area contributed by atoms with Gasteiger partial charge in [0, 0.05) is 12.1 Å². The number of hydrogen-bond acceptors (Lipinski definition) is 5. The fraction of sp³-hybridized carbons (Fsp3) is 0.250. The van der Waals surface area contributed by atoms with Crippen molar-refractivity contribution in [3.63, 3.8) is 0 Å². The van der Waals surface area contributed by atoms with Gasteiger partial charge in [0.05, 0.1) is 14.2 Å². The third kappa shape index (κ3) is 2.87. The molecular weight excluding hydrogens is 256 g/mol. The summed E-state index contributed by atoms with van der Waals surface area (Å²) in [4.78, 5) is 0. The van der Waals surface area contributed by atoms with Gasteiger partial charge < -0.3 is 14.2 Å². The van der Waals surface area contributed by atoms with Crippen LogP contribution in [0.3, 0.4) is 0 Å². The van der Waals surface area contributed by atoms with Crippen LogP contribution in [0.2, 0.25) is 0 Å². The van der Waals surface area contributed by atoms with Crippen LogP contribution in [0.5, 0.6) is 17.2 Å². The van der Waals surface area contributed by atoms with Crippen molar-refractivity contribution in [2.45, 2.75) is 5.50 Å². The van der Waals surface area contributed by atoms with Gasteiger partial charge in [-0.15, -0.1) is 5.10 Å². The summed E-state index contributed by atoms with van der Waals surface area (Å²) in [7, 11) is 3.15. The molecule has 0 fully saturated rings. The van der Waals surface area contributed by atoms with E-state index in [9.17, 15) is 0 Å². The molecule has 1 atom stereocenters. The number of halogens is 1. The van der Waals surface area contributed by atoms with Crippen molar-refractivity contribution in [2.75, 3.05) is 14.2 Å². The summed E-state index contributed by atoms with van der Waals surface area (Å²) in [6.07, 6.45) is 3.44. The lowest BCUT2D eigenvalue weighted by molar-refractivity contribution is 0.353. The second kappa shape index (κ2) is 5.64. The van der Waals surface area contributed by atoms with Gasteiger partial charge >= 0.3 is 0 Å². The summed E-state index contributed by atoms with van der Waals surface area (Å²) in [6.45, 7) is 0.